The van der Waals surface area contributed by atoms with Crippen molar-refractivity contribution in [1.82, 2.24) is 4.98 Å². The predicted molar refractivity (Wildman–Crippen MR) is 51.7 cm³/mol. The first-order valence-corrected chi connectivity index (χ1v) is 4.72. The van der Waals surface area contributed by atoms with Gasteiger partial charge in [-0.3, -0.25) is 4.98 Å². The zero-order valence-corrected chi connectivity index (χ0v) is 8.60. The Bertz CT molecular complexity index is 584. The molecule has 0 aliphatic heterocycles. The van der Waals surface area contributed by atoms with Crippen molar-refractivity contribution in [1.29, 1.82) is 0 Å². The van der Waals surface area contributed by atoms with Gasteiger partial charge in [0.25, 0.3) is 0 Å². The number of alkyl halides is 6. The standard InChI is InChI=1S/C11H5F6N/c12-10(13,14)7-3-6-5-18-2-1-8(6)9(4-7)11(15,16)17/h1-5H. The lowest BCUT2D eigenvalue weighted by molar-refractivity contribution is -0.142. The molecule has 1 aromatic carbocycles. The van der Waals surface area contributed by atoms with Gasteiger partial charge in [-0.25, -0.2) is 0 Å². The van der Waals surface area contributed by atoms with E-state index in [9.17, 15) is 26.3 Å². The molecular weight excluding hydrogens is 260 g/mol. The monoisotopic (exact) mass is 265 g/mol. The summed E-state index contributed by atoms with van der Waals surface area (Å²) in [6.45, 7) is 0. The Morgan fingerprint density at radius 1 is 0.889 bits per heavy atom. The maximum Gasteiger partial charge on any atom is 0.417 e. The van der Waals surface area contributed by atoms with Gasteiger partial charge in [-0.15, -0.1) is 0 Å². The molecule has 2 rings (SSSR count). The molecule has 18 heavy (non-hydrogen) atoms. The van der Waals surface area contributed by atoms with E-state index in [0.29, 0.717) is 6.07 Å². The number of aromatic nitrogens is 1. The number of hydrogen-bond acceptors (Lipinski definition) is 1. The highest BCUT2D eigenvalue weighted by molar-refractivity contribution is 5.86. The van der Waals surface area contributed by atoms with Crippen LogP contribution >= 0.6 is 0 Å². The second kappa shape index (κ2) is 3.86. The van der Waals surface area contributed by atoms with Crippen molar-refractivity contribution < 1.29 is 26.3 Å². The molecule has 0 N–H and O–H groups in total. The lowest BCUT2D eigenvalue weighted by atomic mass is 10.0. The summed E-state index contributed by atoms with van der Waals surface area (Å²) < 4.78 is 75.6. The van der Waals surface area contributed by atoms with Gasteiger partial charge in [-0.1, -0.05) is 0 Å². The van der Waals surface area contributed by atoms with Crippen molar-refractivity contribution in [3.8, 4) is 0 Å². The summed E-state index contributed by atoms with van der Waals surface area (Å²) in [5.74, 6) is 0. The largest absolute Gasteiger partial charge is 0.417 e. The molecule has 0 aliphatic rings. The van der Waals surface area contributed by atoms with Crippen LogP contribution in [0.25, 0.3) is 10.8 Å². The molecule has 1 aromatic heterocycles. The third-order valence-electron chi connectivity index (χ3n) is 2.39. The van der Waals surface area contributed by atoms with Gasteiger partial charge in [0.05, 0.1) is 11.1 Å². The number of nitrogens with zero attached hydrogens (tertiary/aromatic N) is 1. The molecule has 0 fully saturated rings. The normalized spacial score (nSPS) is 13.0. The molecule has 1 heterocycles. The van der Waals surface area contributed by atoms with Gasteiger partial charge in [0.15, 0.2) is 0 Å². The van der Waals surface area contributed by atoms with Gasteiger partial charge in [0.1, 0.15) is 0 Å². The molecule has 0 radical (unpaired) electrons. The van der Waals surface area contributed by atoms with Crippen LogP contribution in [0.3, 0.4) is 0 Å². The first-order chi connectivity index (χ1) is 8.19. The van der Waals surface area contributed by atoms with Gasteiger partial charge < -0.3 is 0 Å². The topological polar surface area (TPSA) is 12.9 Å². The summed E-state index contributed by atoms with van der Waals surface area (Å²) in [5, 5.41) is -0.495. The number of fused-ring (bicyclic) bond motifs is 1. The number of benzene rings is 1. The lowest BCUT2D eigenvalue weighted by Gasteiger charge is -2.14. The zero-order chi connectivity index (χ0) is 13.6. The van der Waals surface area contributed by atoms with E-state index in [4.69, 9.17) is 0 Å². The van der Waals surface area contributed by atoms with Crippen molar-refractivity contribution in [3.05, 3.63) is 41.7 Å². The molecule has 96 valence electrons. The maximum absolute atomic E-state index is 12.7. The van der Waals surface area contributed by atoms with Gasteiger partial charge >= 0.3 is 12.4 Å². The van der Waals surface area contributed by atoms with Crippen LogP contribution in [0.5, 0.6) is 0 Å². The van der Waals surface area contributed by atoms with E-state index in [1.807, 2.05) is 0 Å². The first kappa shape index (κ1) is 12.7. The second-order valence-corrected chi connectivity index (χ2v) is 3.62. The summed E-state index contributed by atoms with van der Waals surface area (Å²) in [6, 6.07) is 1.80. The second-order valence-electron chi connectivity index (χ2n) is 3.62. The van der Waals surface area contributed by atoms with E-state index in [1.54, 1.807) is 0 Å². The van der Waals surface area contributed by atoms with Crippen molar-refractivity contribution in [2.24, 2.45) is 0 Å². The van der Waals surface area contributed by atoms with E-state index in [2.05, 4.69) is 4.98 Å². The molecular formula is C11H5F6N. The first-order valence-electron chi connectivity index (χ1n) is 4.72. The van der Waals surface area contributed by atoms with Crippen molar-refractivity contribution in [3.63, 3.8) is 0 Å². The summed E-state index contributed by atoms with van der Waals surface area (Å²) in [5.41, 5.74) is -2.65. The highest BCUT2D eigenvalue weighted by Gasteiger charge is 2.37. The minimum Gasteiger partial charge on any atom is -0.264 e. The molecule has 0 spiro atoms. The third kappa shape index (κ3) is 2.25. The van der Waals surface area contributed by atoms with E-state index >= 15 is 0 Å². The van der Waals surface area contributed by atoms with E-state index in [1.165, 1.54) is 0 Å². The van der Waals surface area contributed by atoms with Crippen LogP contribution in [0.4, 0.5) is 26.3 Å². The Morgan fingerprint density at radius 2 is 1.56 bits per heavy atom. The lowest BCUT2D eigenvalue weighted by Crippen LogP contribution is -2.11. The van der Waals surface area contributed by atoms with E-state index < -0.39 is 23.5 Å². The number of pyridine rings is 1. The molecule has 0 saturated heterocycles. The maximum atomic E-state index is 12.7. The molecule has 0 atom stereocenters. The number of hydrogen-bond donors (Lipinski definition) is 0. The Balaban J connectivity index is 2.81. The number of rotatable bonds is 0. The number of halogens is 6. The third-order valence-corrected chi connectivity index (χ3v) is 2.39. The van der Waals surface area contributed by atoms with Gasteiger partial charge in [0.2, 0.25) is 0 Å². The Hall–Kier alpha value is -1.79. The minimum absolute atomic E-state index is 0.113. The van der Waals surface area contributed by atoms with E-state index in [-0.39, 0.29) is 16.8 Å². The molecule has 0 aliphatic carbocycles. The average molecular weight is 265 g/mol. The highest BCUT2D eigenvalue weighted by atomic mass is 19.4. The van der Waals surface area contributed by atoms with Gasteiger partial charge in [0, 0.05) is 17.8 Å². The van der Waals surface area contributed by atoms with E-state index in [0.717, 1.165) is 18.5 Å². The zero-order valence-electron chi connectivity index (χ0n) is 8.60. The quantitative estimate of drug-likeness (QED) is 0.648. The van der Waals surface area contributed by atoms with Crippen molar-refractivity contribution in [2.45, 2.75) is 12.4 Å². The Kier molecular flexibility index (Phi) is 2.71. The van der Waals surface area contributed by atoms with Crippen LogP contribution in [0.1, 0.15) is 11.1 Å². The summed E-state index contributed by atoms with van der Waals surface area (Å²) in [7, 11) is 0. The van der Waals surface area contributed by atoms with Crippen LogP contribution in [-0.4, -0.2) is 4.98 Å². The summed E-state index contributed by atoms with van der Waals surface area (Å²) in [6.07, 6.45) is -7.60. The smallest absolute Gasteiger partial charge is 0.264 e. The Labute approximate surface area is 97.1 Å². The summed E-state index contributed by atoms with van der Waals surface area (Å²) in [4.78, 5) is 3.52. The molecule has 7 heteroatoms. The minimum atomic E-state index is -4.85. The Morgan fingerprint density at radius 3 is 2.11 bits per heavy atom. The fourth-order valence-electron chi connectivity index (χ4n) is 1.61. The van der Waals surface area contributed by atoms with Crippen molar-refractivity contribution in [2.75, 3.05) is 0 Å². The van der Waals surface area contributed by atoms with Crippen LogP contribution in [-0.2, 0) is 12.4 Å². The molecule has 0 saturated carbocycles. The highest BCUT2D eigenvalue weighted by Crippen LogP contribution is 2.39. The predicted octanol–water partition coefficient (Wildman–Crippen LogP) is 4.27. The fraction of sp³-hybridized carbons (Fsp3) is 0.182. The van der Waals surface area contributed by atoms with Gasteiger partial charge in [-0.05, 0) is 23.6 Å². The van der Waals surface area contributed by atoms with Crippen LogP contribution in [0.2, 0.25) is 0 Å². The molecule has 0 bridgehead atoms. The molecule has 2 aromatic rings. The average Bonchev–Trinajstić information content (AvgIpc) is 2.25. The SMILES string of the molecule is FC(F)(F)c1cc(C(F)(F)F)c2ccncc2c1. The van der Waals surface area contributed by atoms with Crippen LogP contribution < -0.4 is 0 Å². The van der Waals surface area contributed by atoms with Crippen molar-refractivity contribution >= 4 is 10.8 Å². The molecule has 0 amide bonds. The molecule has 1 nitrogen and oxygen atoms in total. The van der Waals surface area contributed by atoms with Crippen LogP contribution in [0, 0.1) is 0 Å². The van der Waals surface area contributed by atoms with Crippen LogP contribution in [0.15, 0.2) is 30.6 Å². The fourth-order valence-corrected chi connectivity index (χ4v) is 1.61. The summed E-state index contributed by atoms with van der Waals surface area (Å²) >= 11 is 0. The van der Waals surface area contributed by atoms with Gasteiger partial charge in [-0.2, -0.15) is 26.3 Å². The molecule has 0 unspecified atom stereocenters.